The lowest BCUT2D eigenvalue weighted by molar-refractivity contribution is 0.0936. The third-order valence-corrected chi connectivity index (χ3v) is 7.19. The molecular formula is C22H22N2O5S2. The Morgan fingerprint density at radius 2 is 1.81 bits per heavy atom. The molecule has 0 saturated carbocycles. The number of thiophene rings is 1. The minimum Gasteiger partial charge on any atom is -0.486 e. The van der Waals surface area contributed by atoms with Gasteiger partial charge >= 0.3 is 0 Å². The van der Waals surface area contributed by atoms with E-state index in [1.54, 1.807) is 41.7 Å². The zero-order chi connectivity index (χ0) is 21.8. The highest BCUT2D eigenvalue weighted by Crippen LogP contribution is 2.32. The van der Waals surface area contributed by atoms with Crippen molar-refractivity contribution in [3.8, 4) is 11.5 Å². The van der Waals surface area contributed by atoms with E-state index in [9.17, 15) is 13.2 Å². The van der Waals surface area contributed by atoms with Crippen LogP contribution >= 0.6 is 11.3 Å². The predicted molar refractivity (Wildman–Crippen MR) is 119 cm³/mol. The number of fused-ring (bicyclic) bond motifs is 1. The van der Waals surface area contributed by atoms with E-state index in [1.807, 2.05) is 24.4 Å². The van der Waals surface area contributed by atoms with E-state index < -0.39 is 10.0 Å². The number of anilines is 1. The van der Waals surface area contributed by atoms with Gasteiger partial charge in [0.05, 0.1) is 10.9 Å². The molecule has 2 heterocycles. The molecule has 0 spiro atoms. The topological polar surface area (TPSA) is 93.7 Å². The Balaban J connectivity index is 1.45. The molecule has 0 bridgehead atoms. The molecule has 3 aromatic rings. The van der Waals surface area contributed by atoms with Crippen LogP contribution in [0, 0.1) is 0 Å². The third-order valence-electron chi connectivity index (χ3n) is 4.82. The van der Waals surface area contributed by atoms with Crippen molar-refractivity contribution in [2.45, 2.75) is 24.3 Å². The van der Waals surface area contributed by atoms with Gasteiger partial charge in [0.15, 0.2) is 11.5 Å². The monoisotopic (exact) mass is 458 g/mol. The Morgan fingerprint density at radius 1 is 1.06 bits per heavy atom. The molecule has 1 aliphatic rings. The Hall–Kier alpha value is -3.04. The minimum absolute atomic E-state index is 0.0547. The first-order chi connectivity index (χ1) is 15.0. The highest BCUT2D eigenvalue weighted by molar-refractivity contribution is 7.92. The van der Waals surface area contributed by atoms with E-state index in [4.69, 9.17) is 9.47 Å². The summed E-state index contributed by atoms with van der Waals surface area (Å²) in [4.78, 5) is 13.8. The van der Waals surface area contributed by atoms with Gasteiger partial charge in [0.25, 0.3) is 15.9 Å². The van der Waals surface area contributed by atoms with Crippen molar-refractivity contribution in [2.75, 3.05) is 17.9 Å². The van der Waals surface area contributed by atoms with Gasteiger partial charge in [-0.15, -0.1) is 11.3 Å². The number of hydrogen-bond acceptors (Lipinski definition) is 6. The number of carbonyl (C=O) groups is 1. The zero-order valence-electron chi connectivity index (χ0n) is 16.8. The average molecular weight is 459 g/mol. The fourth-order valence-corrected chi connectivity index (χ4v) is 5.13. The molecule has 31 heavy (non-hydrogen) atoms. The minimum atomic E-state index is -3.82. The van der Waals surface area contributed by atoms with Crippen LogP contribution < -0.4 is 19.5 Å². The van der Waals surface area contributed by atoms with Gasteiger partial charge in [-0.2, -0.15) is 0 Å². The van der Waals surface area contributed by atoms with Crippen molar-refractivity contribution < 1.29 is 22.7 Å². The van der Waals surface area contributed by atoms with E-state index >= 15 is 0 Å². The maximum Gasteiger partial charge on any atom is 0.262 e. The SMILES string of the molecule is CCC(NC(=O)c1ccc(NS(=O)(=O)c2ccc3c(c2)OCCO3)cc1)c1cccs1. The molecule has 2 aromatic carbocycles. The van der Waals surface area contributed by atoms with Crippen molar-refractivity contribution in [1.29, 1.82) is 0 Å². The van der Waals surface area contributed by atoms with Crippen molar-refractivity contribution in [1.82, 2.24) is 5.32 Å². The van der Waals surface area contributed by atoms with Gasteiger partial charge in [0, 0.05) is 22.2 Å². The lowest BCUT2D eigenvalue weighted by Crippen LogP contribution is -2.27. The number of carbonyl (C=O) groups excluding carboxylic acids is 1. The molecule has 1 aliphatic heterocycles. The zero-order valence-corrected chi connectivity index (χ0v) is 18.5. The molecule has 1 amide bonds. The van der Waals surface area contributed by atoms with Crippen LogP contribution in [-0.2, 0) is 10.0 Å². The Labute approximate surface area is 185 Å². The summed E-state index contributed by atoms with van der Waals surface area (Å²) in [6, 6.07) is 14.7. The van der Waals surface area contributed by atoms with Gasteiger partial charge < -0.3 is 14.8 Å². The smallest absolute Gasteiger partial charge is 0.262 e. The first kappa shape index (κ1) is 21.2. The van der Waals surface area contributed by atoms with Crippen LogP contribution in [0.3, 0.4) is 0 Å². The second kappa shape index (κ2) is 8.99. The van der Waals surface area contributed by atoms with Crippen LogP contribution in [0.4, 0.5) is 5.69 Å². The van der Waals surface area contributed by atoms with Gasteiger partial charge in [0.1, 0.15) is 13.2 Å². The fraction of sp³-hybridized carbons (Fsp3) is 0.227. The van der Waals surface area contributed by atoms with Crippen molar-refractivity contribution in [3.05, 3.63) is 70.4 Å². The molecule has 9 heteroatoms. The lowest BCUT2D eigenvalue weighted by Gasteiger charge is -2.19. The van der Waals surface area contributed by atoms with Gasteiger partial charge in [-0.25, -0.2) is 8.42 Å². The summed E-state index contributed by atoms with van der Waals surface area (Å²) in [6.45, 7) is 2.82. The van der Waals surface area contributed by atoms with E-state index in [-0.39, 0.29) is 16.8 Å². The lowest BCUT2D eigenvalue weighted by atomic mass is 10.1. The van der Waals surface area contributed by atoms with E-state index in [0.29, 0.717) is 36.0 Å². The quantitative estimate of drug-likeness (QED) is 0.553. The molecule has 1 aromatic heterocycles. The number of sulfonamides is 1. The number of hydrogen-bond donors (Lipinski definition) is 2. The normalized spacial score (nSPS) is 14.0. The maximum absolute atomic E-state index is 12.7. The second-order valence-electron chi connectivity index (χ2n) is 6.94. The number of amides is 1. The average Bonchev–Trinajstić information content (AvgIpc) is 3.32. The maximum atomic E-state index is 12.7. The van der Waals surface area contributed by atoms with E-state index in [2.05, 4.69) is 10.0 Å². The molecular weight excluding hydrogens is 436 g/mol. The van der Waals surface area contributed by atoms with Crippen molar-refractivity contribution in [3.63, 3.8) is 0 Å². The molecule has 162 valence electrons. The summed E-state index contributed by atoms with van der Waals surface area (Å²) in [6.07, 6.45) is 0.777. The standard InChI is InChI=1S/C22H22N2O5S2/c1-2-18(21-4-3-13-30-21)23-22(25)15-5-7-16(8-6-15)24-31(26,27)17-9-10-19-20(14-17)29-12-11-28-19/h3-10,13-14,18,24H,2,11-12H2,1H3,(H,23,25). The second-order valence-corrected chi connectivity index (χ2v) is 9.60. The van der Waals surface area contributed by atoms with E-state index in [1.165, 1.54) is 12.1 Å². The van der Waals surface area contributed by atoms with Crippen molar-refractivity contribution in [2.24, 2.45) is 0 Å². The summed E-state index contributed by atoms with van der Waals surface area (Å²) >= 11 is 1.60. The summed E-state index contributed by atoms with van der Waals surface area (Å²) < 4.78 is 38.9. The Bertz CT molecular complexity index is 1160. The Morgan fingerprint density at radius 3 is 2.48 bits per heavy atom. The molecule has 1 unspecified atom stereocenters. The van der Waals surface area contributed by atoms with Gasteiger partial charge in [0.2, 0.25) is 0 Å². The van der Waals surface area contributed by atoms with Crippen LogP contribution in [0.25, 0.3) is 0 Å². The predicted octanol–water partition coefficient (Wildman–Crippen LogP) is 4.20. The van der Waals surface area contributed by atoms with Crippen LogP contribution in [0.15, 0.2) is 64.9 Å². The first-order valence-corrected chi connectivity index (χ1v) is 12.2. The fourth-order valence-electron chi connectivity index (χ4n) is 3.20. The summed E-state index contributed by atoms with van der Waals surface area (Å²) in [5.41, 5.74) is 0.814. The Kier molecular flexibility index (Phi) is 6.15. The third kappa shape index (κ3) is 4.83. The summed E-state index contributed by atoms with van der Waals surface area (Å²) in [5.74, 6) is 0.715. The van der Waals surface area contributed by atoms with Crippen LogP contribution in [0.1, 0.15) is 34.6 Å². The van der Waals surface area contributed by atoms with E-state index in [0.717, 1.165) is 11.3 Å². The molecule has 0 aliphatic carbocycles. The van der Waals surface area contributed by atoms with Gasteiger partial charge in [-0.3, -0.25) is 9.52 Å². The number of ether oxygens (including phenoxy) is 2. The molecule has 0 radical (unpaired) electrons. The van der Waals surface area contributed by atoms with Crippen molar-refractivity contribution >= 4 is 33.0 Å². The largest absolute Gasteiger partial charge is 0.486 e. The van der Waals surface area contributed by atoms with Crippen LogP contribution in [0.5, 0.6) is 11.5 Å². The van der Waals surface area contributed by atoms with Gasteiger partial charge in [-0.05, 0) is 54.3 Å². The summed E-state index contributed by atoms with van der Waals surface area (Å²) in [7, 11) is -3.82. The van der Waals surface area contributed by atoms with Crippen LogP contribution in [0.2, 0.25) is 0 Å². The molecule has 2 N–H and O–H groups in total. The number of rotatable bonds is 7. The van der Waals surface area contributed by atoms with Crippen LogP contribution in [-0.4, -0.2) is 27.5 Å². The summed E-state index contributed by atoms with van der Waals surface area (Å²) in [5, 5.41) is 4.99. The molecule has 4 rings (SSSR count). The van der Waals surface area contributed by atoms with Gasteiger partial charge in [-0.1, -0.05) is 13.0 Å². The molecule has 7 nitrogen and oxygen atoms in total. The first-order valence-electron chi connectivity index (χ1n) is 9.83. The number of benzene rings is 2. The molecule has 0 saturated heterocycles. The molecule has 0 fully saturated rings. The highest BCUT2D eigenvalue weighted by Gasteiger charge is 2.20. The number of nitrogens with one attached hydrogen (secondary N) is 2. The molecule has 1 atom stereocenters. The highest BCUT2D eigenvalue weighted by atomic mass is 32.2.